The summed E-state index contributed by atoms with van der Waals surface area (Å²) in [7, 11) is 0. The largest absolute Gasteiger partial charge is 0.326 e. The first kappa shape index (κ1) is 23.5. The van der Waals surface area contributed by atoms with E-state index in [1.54, 1.807) is 18.7 Å². The lowest BCUT2D eigenvalue weighted by Gasteiger charge is -2.24. The van der Waals surface area contributed by atoms with Crippen LogP contribution >= 0.6 is 11.8 Å². The van der Waals surface area contributed by atoms with Gasteiger partial charge in [0.25, 0.3) is 0 Å². The fraction of sp³-hybridized carbons (Fsp3) is 0.636. The van der Waals surface area contributed by atoms with Crippen LogP contribution in [0.25, 0.3) is 0 Å². The van der Waals surface area contributed by atoms with Crippen LogP contribution in [0.5, 0.6) is 0 Å². The van der Waals surface area contributed by atoms with Gasteiger partial charge in [0.15, 0.2) is 0 Å². The number of carbonyl (C=O) groups is 2. The second-order valence-electron chi connectivity index (χ2n) is 7.00. The fourth-order valence-corrected chi connectivity index (χ4v) is 4.09. The smallest absolute Gasteiger partial charge is 0.223 e. The molecule has 1 aromatic carbocycles. The van der Waals surface area contributed by atoms with Crippen LogP contribution in [0.3, 0.4) is 0 Å². The van der Waals surface area contributed by atoms with Gasteiger partial charge in [-0.25, -0.2) is 0 Å². The molecule has 1 N–H and O–H groups in total. The second-order valence-corrected chi connectivity index (χ2v) is 8.14. The van der Waals surface area contributed by atoms with E-state index in [-0.39, 0.29) is 11.8 Å². The highest BCUT2D eigenvalue weighted by Gasteiger charge is 2.16. The summed E-state index contributed by atoms with van der Waals surface area (Å²) in [6.07, 6.45) is 9.43. The van der Waals surface area contributed by atoms with Crippen molar-refractivity contribution in [2.75, 3.05) is 22.5 Å². The van der Waals surface area contributed by atoms with E-state index in [1.807, 2.05) is 23.1 Å². The summed E-state index contributed by atoms with van der Waals surface area (Å²) in [6, 6.07) is 5.87. The lowest BCUT2D eigenvalue weighted by molar-refractivity contribution is -0.116. The van der Waals surface area contributed by atoms with Crippen molar-refractivity contribution in [3.63, 3.8) is 0 Å². The van der Waals surface area contributed by atoms with Crippen LogP contribution < -0.4 is 10.2 Å². The van der Waals surface area contributed by atoms with Crippen molar-refractivity contribution < 1.29 is 9.59 Å². The number of hydrogen-bond donors (Lipinski definition) is 1. The molecule has 2 amide bonds. The molecule has 27 heavy (non-hydrogen) atoms. The third-order valence-corrected chi connectivity index (χ3v) is 5.57. The SMILES string of the molecule is CCCCCCSc1cc(NC(C)=O)ccc1N(CCCCCC)C(C)=O. The first-order chi connectivity index (χ1) is 13.0. The molecule has 0 aliphatic carbocycles. The molecule has 4 nitrogen and oxygen atoms in total. The molecule has 0 fully saturated rings. The van der Waals surface area contributed by atoms with E-state index in [1.165, 1.54) is 45.4 Å². The molecule has 0 aliphatic rings. The van der Waals surface area contributed by atoms with Crippen LogP contribution in [0.4, 0.5) is 11.4 Å². The number of carbonyl (C=O) groups excluding carboxylic acids is 2. The van der Waals surface area contributed by atoms with E-state index in [9.17, 15) is 9.59 Å². The molecular weight excluding hydrogens is 356 g/mol. The van der Waals surface area contributed by atoms with Crippen LogP contribution in [0.15, 0.2) is 23.1 Å². The first-order valence-corrected chi connectivity index (χ1v) is 11.3. The number of anilines is 2. The van der Waals surface area contributed by atoms with Crippen molar-refractivity contribution >= 4 is 35.0 Å². The normalized spacial score (nSPS) is 10.7. The van der Waals surface area contributed by atoms with E-state index in [0.717, 1.165) is 41.4 Å². The molecule has 0 bridgehead atoms. The molecule has 0 radical (unpaired) electrons. The number of hydrogen-bond acceptors (Lipinski definition) is 3. The second kappa shape index (κ2) is 13.6. The predicted molar refractivity (Wildman–Crippen MR) is 118 cm³/mol. The molecule has 5 heteroatoms. The summed E-state index contributed by atoms with van der Waals surface area (Å²) >= 11 is 1.78. The number of nitrogens with zero attached hydrogens (tertiary/aromatic N) is 1. The Hall–Kier alpha value is -1.49. The Balaban J connectivity index is 2.94. The highest BCUT2D eigenvalue weighted by molar-refractivity contribution is 7.99. The Morgan fingerprint density at radius 1 is 0.963 bits per heavy atom. The van der Waals surface area contributed by atoms with Crippen molar-refractivity contribution in [2.45, 2.75) is 84.0 Å². The van der Waals surface area contributed by atoms with Crippen LogP contribution in [-0.4, -0.2) is 24.1 Å². The highest BCUT2D eigenvalue weighted by Crippen LogP contribution is 2.34. The van der Waals surface area contributed by atoms with Crippen LogP contribution in [0.1, 0.15) is 79.1 Å². The van der Waals surface area contributed by atoms with E-state index in [0.29, 0.717) is 0 Å². The van der Waals surface area contributed by atoms with E-state index < -0.39 is 0 Å². The van der Waals surface area contributed by atoms with Crippen molar-refractivity contribution in [1.29, 1.82) is 0 Å². The molecule has 0 unspecified atom stereocenters. The van der Waals surface area contributed by atoms with Gasteiger partial charge in [0, 0.05) is 31.0 Å². The van der Waals surface area contributed by atoms with Crippen LogP contribution in [0, 0.1) is 0 Å². The number of thioether (sulfide) groups is 1. The van der Waals surface area contributed by atoms with Gasteiger partial charge in [0.05, 0.1) is 5.69 Å². The standard InChI is InChI=1S/C22H36N2O2S/c1-5-7-9-11-15-24(19(4)26)21-14-13-20(23-18(3)25)17-22(21)27-16-12-10-8-6-2/h13-14,17H,5-12,15-16H2,1-4H3,(H,23,25). The quantitative estimate of drug-likeness (QED) is 0.319. The lowest BCUT2D eigenvalue weighted by Crippen LogP contribution is -2.30. The third-order valence-electron chi connectivity index (χ3n) is 4.44. The highest BCUT2D eigenvalue weighted by atomic mass is 32.2. The summed E-state index contributed by atoms with van der Waals surface area (Å²) in [5.41, 5.74) is 1.75. The molecular formula is C22H36N2O2S. The topological polar surface area (TPSA) is 49.4 Å². The maximum Gasteiger partial charge on any atom is 0.223 e. The van der Waals surface area contributed by atoms with E-state index in [4.69, 9.17) is 0 Å². The Morgan fingerprint density at radius 3 is 2.22 bits per heavy atom. The lowest BCUT2D eigenvalue weighted by atomic mass is 10.2. The summed E-state index contributed by atoms with van der Waals surface area (Å²) in [6.45, 7) is 8.30. The van der Waals surface area contributed by atoms with Gasteiger partial charge in [-0.1, -0.05) is 52.4 Å². The van der Waals surface area contributed by atoms with E-state index in [2.05, 4.69) is 19.2 Å². The zero-order chi connectivity index (χ0) is 20.1. The van der Waals surface area contributed by atoms with Crippen molar-refractivity contribution in [2.24, 2.45) is 0 Å². The number of benzene rings is 1. The van der Waals surface area contributed by atoms with Gasteiger partial charge >= 0.3 is 0 Å². The monoisotopic (exact) mass is 392 g/mol. The molecule has 0 heterocycles. The van der Waals surface area contributed by atoms with Crippen molar-refractivity contribution in [3.05, 3.63) is 18.2 Å². The Morgan fingerprint density at radius 2 is 1.63 bits per heavy atom. The Bertz CT molecular complexity index is 590. The molecule has 0 aromatic heterocycles. The molecule has 0 saturated heterocycles. The zero-order valence-corrected chi connectivity index (χ0v) is 18.3. The first-order valence-electron chi connectivity index (χ1n) is 10.3. The Kier molecular flexibility index (Phi) is 11.9. The zero-order valence-electron chi connectivity index (χ0n) is 17.5. The molecule has 0 aliphatic heterocycles. The molecule has 1 aromatic rings. The fourth-order valence-electron chi connectivity index (χ4n) is 2.99. The van der Waals surface area contributed by atoms with Gasteiger partial charge in [0.2, 0.25) is 11.8 Å². The summed E-state index contributed by atoms with van der Waals surface area (Å²) in [5.74, 6) is 1.02. The minimum Gasteiger partial charge on any atom is -0.326 e. The van der Waals surface area contributed by atoms with Gasteiger partial charge in [-0.15, -0.1) is 11.8 Å². The van der Waals surface area contributed by atoms with Gasteiger partial charge < -0.3 is 10.2 Å². The molecule has 0 spiro atoms. The van der Waals surface area contributed by atoms with Gasteiger partial charge in [0.1, 0.15) is 0 Å². The molecule has 0 saturated carbocycles. The summed E-state index contributed by atoms with van der Waals surface area (Å²) in [5, 5.41) is 2.86. The van der Waals surface area contributed by atoms with Gasteiger partial charge in [-0.2, -0.15) is 0 Å². The average Bonchev–Trinajstić information content (AvgIpc) is 2.61. The van der Waals surface area contributed by atoms with Gasteiger partial charge in [-0.05, 0) is 36.8 Å². The van der Waals surface area contributed by atoms with Crippen LogP contribution in [-0.2, 0) is 9.59 Å². The van der Waals surface area contributed by atoms with Crippen molar-refractivity contribution in [1.82, 2.24) is 0 Å². The minimum absolute atomic E-state index is 0.0756. The van der Waals surface area contributed by atoms with Crippen molar-refractivity contribution in [3.8, 4) is 0 Å². The molecule has 1 rings (SSSR count). The predicted octanol–water partition coefficient (Wildman–Crippen LogP) is 6.25. The Labute approximate surface area is 169 Å². The third kappa shape index (κ3) is 9.32. The minimum atomic E-state index is -0.0790. The number of unbranched alkanes of at least 4 members (excludes halogenated alkanes) is 6. The summed E-state index contributed by atoms with van der Waals surface area (Å²) in [4.78, 5) is 26.7. The van der Waals surface area contributed by atoms with E-state index >= 15 is 0 Å². The average molecular weight is 393 g/mol. The molecule has 0 atom stereocenters. The number of amides is 2. The summed E-state index contributed by atoms with van der Waals surface area (Å²) < 4.78 is 0. The maximum atomic E-state index is 12.3. The number of rotatable bonds is 13. The number of nitrogens with one attached hydrogen (secondary N) is 1. The molecule has 152 valence electrons. The van der Waals surface area contributed by atoms with Crippen LogP contribution in [0.2, 0.25) is 0 Å². The van der Waals surface area contributed by atoms with Gasteiger partial charge in [-0.3, -0.25) is 9.59 Å². The maximum absolute atomic E-state index is 12.3.